The van der Waals surface area contributed by atoms with E-state index in [2.05, 4.69) is 44.9 Å². The first-order valence-electron chi connectivity index (χ1n) is 7.69. The maximum absolute atomic E-state index is 12.0. The van der Waals surface area contributed by atoms with Crippen LogP contribution in [0.4, 0.5) is 16.3 Å². The van der Waals surface area contributed by atoms with Crippen molar-refractivity contribution in [1.82, 2.24) is 15.1 Å². The van der Waals surface area contributed by atoms with E-state index in [0.717, 1.165) is 12.1 Å². The van der Waals surface area contributed by atoms with Crippen molar-refractivity contribution in [2.45, 2.75) is 26.3 Å². The van der Waals surface area contributed by atoms with Gasteiger partial charge in [-0.3, -0.25) is 10.00 Å². The molecule has 6 heteroatoms. The lowest BCUT2D eigenvalue weighted by atomic mass is 10.1. The smallest absolute Gasteiger partial charge is 0.320 e. The summed E-state index contributed by atoms with van der Waals surface area (Å²) in [6.45, 7) is 3.89. The summed E-state index contributed by atoms with van der Waals surface area (Å²) in [5, 5.41) is 9.97. The lowest BCUT2D eigenvalue weighted by Crippen LogP contribution is -2.37. The topological polar surface area (TPSA) is 62.2 Å². The van der Waals surface area contributed by atoms with Crippen molar-refractivity contribution in [2.24, 2.45) is 7.05 Å². The van der Waals surface area contributed by atoms with Crippen molar-refractivity contribution >= 4 is 17.5 Å². The zero-order valence-electron chi connectivity index (χ0n) is 14.4. The number of aryl methyl sites for hydroxylation is 2. The number of hydrogen-bond donors (Lipinski definition) is 2. The van der Waals surface area contributed by atoms with Crippen molar-refractivity contribution in [2.75, 3.05) is 24.3 Å². The van der Waals surface area contributed by atoms with Crippen LogP contribution in [0.25, 0.3) is 0 Å². The summed E-state index contributed by atoms with van der Waals surface area (Å²) in [7, 11) is 5.84. The second kappa shape index (κ2) is 7.17. The highest BCUT2D eigenvalue weighted by Crippen LogP contribution is 2.13. The maximum atomic E-state index is 12.0. The second-order valence-corrected chi connectivity index (χ2v) is 6.06. The van der Waals surface area contributed by atoms with Crippen molar-refractivity contribution in [3.8, 4) is 0 Å². The number of nitrogens with zero attached hydrogens (tertiary/aromatic N) is 3. The first-order valence-corrected chi connectivity index (χ1v) is 7.69. The molecule has 124 valence electrons. The van der Waals surface area contributed by atoms with Crippen LogP contribution in [0.2, 0.25) is 0 Å². The predicted molar refractivity (Wildman–Crippen MR) is 94.0 cm³/mol. The van der Waals surface area contributed by atoms with Crippen molar-refractivity contribution < 1.29 is 4.79 Å². The summed E-state index contributed by atoms with van der Waals surface area (Å²) in [6.07, 6.45) is 0.783. The van der Waals surface area contributed by atoms with Crippen LogP contribution in [0.1, 0.15) is 18.2 Å². The van der Waals surface area contributed by atoms with Gasteiger partial charge >= 0.3 is 6.03 Å². The van der Waals surface area contributed by atoms with E-state index < -0.39 is 0 Å². The third-order valence-electron chi connectivity index (χ3n) is 3.62. The van der Waals surface area contributed by atoms with E-state index in [0.29, 0.717) is 5.82 Å². The van der Waals surface area contributed by atoms with Gasteiger partial charge in [-0.25, -0.2) is 4.79 Å². The summed E-state index contributed by atoms with van der Waals surface area (Å²) in [4.78, 5) is 14.1. The minimum absolute atomic E-state index is 0.0366. The van der Waals surface area contributed by atoms with Crippen LogP contribution in [0, 0.1) is 6.92 Å². The molecule has 1 aromatic heterocycles. The van der Waals surface area contributed by atoms with Gasteiger partial charge in [0.1, 0.15) is 5.82 Å². The molecule has 2 N–H and O–H groups in total. The van der Waals surface area contributed by atoms with Crippen molar-refractivity contribution in [3.05, 3.63) is 41.6 Å². The Morgan fingerprint density at radius 1 is 1.30 bits per heavy atom. The van der Waals surface area contributed by atoms with Gasteiger partial charge in [-0.1, -0.05) is 12.1 Å². The van der Waals surface area contributed by atoms with Gasteiger partial charge < -0.3 is 10.2 Å². The number of aromatic nitrogens is 2. The van der Waals surface area contributed by atoms with E-state index in [-0.39, 0.29) is 12.1 Å². The van der Waals surface area contributed by atoms with E-state index >= 15 is 0 Å². The summed E-state index contributed by atoms with van der Waals surface area (Å²) < 4.78 is 1.65. The number of carbonyl (C=O) groups excluding carboxylic acids is 1. The van der Waals surface area contributed by atoms with Gasteiger partial charge in [0.15, 0.2) is 0 Å². The maximum Gasteiger partial charge on any atom is 0.320 e. The average molecular weight is 315 g/mol. The lowest BCUT2D eigenvalue weighted by molar-refractivity contribution is 0.249. The predicted octanol–water partition coefficient (Wildman–Crippen LogP) is 2.55. The van der Waals surface area contributed by atoms with Gasteiger partial charge in [0.25, 0.3) is 0 Å². The summed E-state index contributed by atoms with van der Waals surface area (Å²) in [5.41, 5.74) is 3.23. The molecule has 1 aromatic carbocycles. The molecule has 23 heavy (non-hydrogen) atoms. The Labute approximate surface area is 137 Å². The number of urea groups is 1. The van der Waals surface area contributed by atoms with Crippen LogP contribution in [0.5, 0.6) is 0 Å². The average Bonchev–Trinajstić information content (AvgIpc) is 2.76. The van der Waals surface area contributed by atoms with E-state index in [1.165, 1.54) is 11.3 Å². The van der Waals surface area contributed by atoms with Crippen molar-refractivity contribution in [3.63, 3.8) is 0 Å². The molecular weight excluding hydrogens is 290 g/mol. The molecule has 0 aliphatic rings. The van der Waals surface area contributed by atoms with Gasteiger partial charge in [-0.2, -0.15) is 5.10 Å². The molecule has 0 saturated heterocycles. The van der Waals surface area contributed by atoms with Gasteiger partial charge in [0.2, 0.25) is 0 Å². The molecule has 0 saturated carbocycles. The Morgan fingerprint density at radius 3 is 2.48 bits per heavy atom. The molecule has 0 spiro atoms. The minimum Gasteiger partial charge on any atom is -0.378 e. The van der Waals surface area contributed by atoms with Crippen LogP contribution < -0.4 is 15.5 Å². The highest BCUT2D eigenvalue weighted by atomic mass is 16.2. The highest BCUT2D eigenvalue weighted by molar-refractivity contribution is 5.88. The van der Waals surface area contributed by atoms with Gasteiger partial charge in [0, 0.05) is 38.9 Å². The lowest BCUT2D eigenvalue weighted by Gasteiger charge is -2.16. The molecule has 1 unspecified atom stereocenters. The largest absolute Gasteiger partial charge is 0.378 e. The Bertz CT molecular complexity index is 660. The number of amides is 2. The van der Waals surface area contributed by atoms with E-state index in [1.54, 1.807) is 11.7 Å². The number of rotatable bonds is 5. The molecule has 0 bridgehead atoms. The molecule has 2 amide bonds. The molecule has 0 radical (unpaired) electrons. The quantitative estimate of drug-likeness (QED) is 0.891. The van der Waals surface area contributed by atoms with Crippen LogP contribution in [-0.2, 0) is 13.5 Å². The zero-order chi connectivity index (χ0) is 17.0. The normalized spacial score (nSPS) is 11.9. The summed E-state index contributed by atoms with van der Waals surface area (Å²) in [5.74, 6) is 0.683. The monoisotopic (exact) mass is 315 g/mol. The van der Waals surface area contributed by atoms with E-state index in [9.17, 15) is 4.79 Å². The SMILES string of the molecule is Cc1cc(NC(=O)NC(C)Cc2ccc(N(C)C)cc2)n(C)n1. The van der Waals surface area contributed by atoms with Crippen LogP contribution in [0.15, 0.2) is 30.3 Å². The van der Waals surface area contributed by atoms with Crippen LogP contribution >= 0.6 is 0 Å². The third kappa shape index (κ3) is 4.74. The van der Waals surface area contributed by atoms with Crippen LogP contribution in [0.3, 0.4) is 0 Å². The van der Waals surface area contributed by atoms with Gasteiger partial charge in [0.05, 0.1) is 5.69 Å². The molecule has 0 aliphatic heterocycles. The number of carbonyl (C=O) groups is 1. The minimum atomic E-state index is -0.217. The van der Waals surface area contributed by atoms with E-state index in [4.69, 9.17) is 0 Å². The first-order chi connectivity index (χ1) is 10.8. The van der Waals surface area contributed by atoms with Crippen LogP contribution in [-0.4, -0.2) is 35.9 Å². The number of benzene rings is 1. The van der Waals surface area contributed by atoms with Crippen molar-refractivity contribution in [1.29, 1.82) is 0 Å². The fourth-order valence-electron chi connectivity index (χ4n) is 2.44. The fraction of sp³-hybridized carbons (Fsp3) is 0.412. The standard InChI is InChI=1S/C17H25N5O/c1-12(10-14-6-8-15(9-7-14)21(3)4)18-17(23)19-16-11-13(2)20-22(16)5/h6-9,11-12H,10H2,1-5H3,(H2,18,19,23). The number of anilines is 2. The Hall–Kier alpha value is -2.50. The second-order valence-electron chi connectivity index (χ2n) is 6.06. The Kier molecular flexibility index (Phi) is 5.26. The number of hydrogen-bond acceptors (Lipinski definition) is 3. The molecule has 0 fully saturated rings. The molecular formula is C17H25N5O. The molecule has 2 aromatic rings. The molecule has 1 atom stereocenters. The highest BCUT2D eigenvalue weighted by Gasteiger charge is 2.10. The third-order valence-corrected chi connectivity index (χ3v) is 3.62. The summed E-state index contributed by atoms with van der Waals surface area (Å²) >= 11 is 0. The van der Waals surface area contributed by atoms with E-state index in [1.807, 2.05) is 34.0 Å². The Balaban J connectivity index is 1.87. The summed E-state index contributed by atoms with van der Waals surface area (Å²) in [6, 6.07) is 10.0. The Morgan fingerprint density at radius 2 is 1.96 bits per heavy atom. The van der Waals surface area contributed by atoms with Gasteiger partial charge in [-0.05, 0) is 38.0 Å². The fourth-order valence-corrected chi connectivity index (χ4v) is 2.44. The number of nitrogens with one attached hydrogen (secondary N) is 2. The molecule has 6 nitrogen and oxygen atoms in total. The van der Waals surface area contributed by atoms with Gasteiger partial charge in [-0.15, -0.1) is 0 Å². The molecule has 0 aliphatic carbocycles. The molecule has 2 rings (SSSR count). The molecule has 1 heterocycles. The first kappa shape index (κ1) is 16.9. The zero-order valence-corrected chi connectivity index (χ0v) is 14.4.